The summed E-state index contributed by atoms with van der Waals surface area (Å²) in [5, 5.41) is 9.25. The molecule has 0 aromatic heterocycles. The molecule has 19 heavy (non-hydrogen) atoms. The van der Waals surface area contributed by atoms with Gasteiger partial charge in [-0.15, -0.1) is 0 Å². The Balaban J connectivity index is 2.91. The highest BCUT2D eigenvalue weighted by Crippen LogP contribution is 2.20. The van der Waals surface area contributed by atoms with Crippen molar-refractivity contribution in [1.29, 1.82) is 5.26 Å². The van der Waals surface area contributed by atoms with Crippen LogP contribution in [0.3, 0.4) is 0 Å². The van der Waals surface area contributed by atoms with E-state index in [0.29, 0.717) is 36.0 Å². The molecule has 0 aliphatic carbocycles. The highest BCUT2D eigenvalue weighted by atomic mass is 127. The minimum absolute atomic E-state index is 0.0674. The van der Waals surface area contributed by atoms with Crippen molar-refractivity contribution in [2.45, 2.75) is 20.3 Å². The van der Waals surface area contributed by atoms with Crippen molar-refractivity contribution in [3.8, 4) is 6.07 Å². The first-order valence-electron chi connectivity index (χ1n) is 6.07. The van der Waals surface area contributed by atoms with Gasteiger partial charge in [-0.3, -0.25) is 4.79 Å². The number of amides is 1. The molecule has 0 saturated carbocycles. The Bertz CT molecular complexity index is 497. The number of benzene rings is 1. The number of nitriles is 1. The Hall–Kier alpha value is -0.800. The van der Waals surface area contributed by atoms with Gasteiger partial charge in [0.1, 0.15) is 0 Å². The second kappa shape index (κ2) is 7.71. The van der Waals surface area contributed by atoms with E-state index in [-0.39, 0.29) is 5.91 Å². The maximum Gasteiger partial charge on any atom is 0.253 e. The van der Waals surface area contributed by atoms with Gasteiger partial charge in [0.25, 0.3) is 5.91 Å². The maximum atomic E-state index is 12.4. The molecule has 1 aromatic rings. The summed E-state index contributed by atoms with van der Waals surface area (Å²) < 4.78 is 0.920. The second-order valence-corrected chi connectivity index (χ2v) is 6.25. The largest absolute Gasteiger partial charge is 0.337 e. The van der Waals surface area contributed by atoms with Gasteiger partial charge in [-0.25, -0.2) is 0 Å². The van der Waals surface area contributed by atoms with Crippen molar-refractivity contribution in [3.63, 3.8) is 0 Å². The van der Waals surface area contributed by atoms with Gasteiger partial charge >= 0.3 is 0 Å². The summed E-state index contributed by atoms with van der Waals surface area (Å²) in [4.78, 5) is 14.1. The molecule has 1 aromatic carbocycles. The van der Waals surface area contributed by atoms with Crippen molar-refractivity contribution >= 4 is 40.1 Å². The fourth-order valence-electron chi connectivity index (χ4n) is 1.71. The summed E-state index contributed by atoms with van der Waals surface area (Å²) in [6, 6.07) is 7.36. The Morgan fingerprint density at radius 2 is 2.21 bits per heavy atom. The zero-order chi connectivity index (χ0) is 14.4. The monoisotopic (exact) mass is 390 g/mol. The van der Waals surface area contributed by atoms with E-state index >= 15 is 0 Å². The maximum absolute atomic E-state index is 12.4. The van der Waals surface area contributed by atoms with Gasteiger partial charge in [0, 0.05) is 22.2 Å². The SMILES string of the molecule is CC(C)CN(CCC#N)C(=O)c1ccc(I)c(Cl)c1. The number of carbonyl (C=O) groups is 1. The molecule has 3 nitrogen and oxygen atoms in total. The Labute approximate surface area is 132 Å². The fourth-order valence-corrected chi connectivity index (χ4v) is 2.23. The van der Waals surface area contributed by atoms with Crippen molar-refractivity contribution < 1.29 is 4.79 Å². The fraction of sp³-hybridized carbons (Fsp3) is 0.429. The molecular formula is C14H16ClIN2O. The van der Waals surface area contributed by atoms with Crippen molar-refractivity contribution in [2.75, 3.05) is 13.1 Å². The minimum atomic E-state index is -0.0674. The molecule has 0 spiro atoms. The number of hydrogen-bond donors (Lipinski definition) is 0. The van der Waals surface area contributed by atoms with Crippen LogP contribution in [0, 0.1) is 20.8 Å². The first-order chi connectivity index (χ1) is 8.95. The number of nitrogens with zero attached hydrogens (tertiary/aromatic N) is 2. The van der Waals surface area contributed by atoms with E-state index in [1.54, 1.807) is 17.0 Å². The third kappa shape index (κ3) is 5.00. The average Bonchev–Trinajstić information content (AvgIpc) is 2.36. The standard InChI is InChI=1S/C14H16ClIN2O/c1-10(2)9-18(7-3-6-17)14(19)11-4-5-13(16)12(15)8-11/h4-5,8,10H,3,7,9H2,1-2H3. The lowest BCUT2D eigenvalue weighted by Gasteiger charge is -2.23. The minimum Gasteiger partial charge on any atom is -0.337 e. The van der Waals surface area contributed by atoms with E-state index in [0.717, 1.165) is 3.57 Å². The summed E-state index contributed by atoms with van der Waals surface area (Å²) in [6.45, 7) is 5.20. The second-order valence-electron chi connectivity index (χ2n) is 4.68. The molecule has 0 saturated heterocycles. The third-order valence-electron chi connectivity index (χ3n) is 2.53. The average molecular weight is 391 g/mol. The Morgan fingerprint density at radius 3 is 2.74 bits per heavy atom. The lowest BCUT2D eigenvalue weighted by molar-refractivity contribution is 0.0740. The number of hydrogen-bond acceptors (Lipinski definition) is 2. The van der Waals surface area contributed by atoms with Crippen LogP contribution in [0.25, 0.3) is 0 Å². The molecule has 5 heteroatoms. The normalized spacial score (nSPS) is 10.3. The first kappa shape index (κ1) is 16.3. The molecule has 0 radical (unpaired) electrons. The van der Waals surface area contributed by atoms with E-state index in [4.69, 9.17) is 16.9 Å². The lowest BCUT2D eigenvalue weighted by Crippen LogP contribution is -2.35. The van der Waals surface area contributed by atoms with Gasteiger partial charge in [0.15, 0.2) is 0 Å². The molecular weight excluding hydrogens is 375 g/mol. The zero-order valence-corrected chi connectivity index (χ0v) is 13.9. The summed E-state index contributed by atoms with van der Waals surface area (Å²) >= 11 is 8.17. The summed E-state index contributed by atoms with van der Waals surface area (Å²) in [5.41, 5.74) is 0.573. The van der Waals surface area contributed by atoms with Crippen LogP contribution in [0.2, 0.25) is 5.02 Å². The Kier molecular flexibility index (Phi) is 6.59. The number of carbonyl (C=O) groups excluding carboxylic acids is 1. The van der Waals surface area contributed by atoms with E-state index in [1.165, 1.54) is 0 Å². The topological polar surface area (TPSA) is 44.1 Å². The molecule has 0 unspecified atom stereocenters. The highest BCUT2D eigenvalue weighted by molar-refractivity contribution is 14.1. The van der Waals surface area contributed by atoms with E-state index in [1.807, 2.05) is 19.9 Å². The van der Waals surface area contributed by atoms with Crippen LogP contribution >= 0.6 is 34.2 Å². The van der Waals surface area contributed by atoms with Gasteiger partial charge in [0.05, 0.1) is 17.5 Å². The smallest absolute Gasteiger partial charge is 0.253 e. The van der Waals surface area contributed by atoms with Crippen LogP contribution in [0.4, 0.5) is 0 Å². The predicted octanol–water partition coefficient (Wildman–Crippen LogP) is 3.96. The zero-order valence-electron chi connectivity index (χ0n) is 11.0. The number of halogens is 2. The molecule has 0 bridgehead atoms. The predicted molar refractivity (Wildman–Crippen MR) is 85.1 cm³/mol. The molecule has 1 rings (SSSR count). The molecule has 0 aliphatic heterocycles. The van der Waals surface area contributed by atoms with E-state index in [2.05, 4.69) is 28.7 Å². The molecule has 0 atom stereocenters. The van der Waals surface area contributed by atoms with Crippen LogP contribution in [0.15, 0.2) is 18.2 Å². The summed E-state index contributed by atoms with van der Waals surface area (Å²) in [7, 11) is 0. The summed E-state index contributed by atoms with van der Waals surface area (Å²) in [5.74, 6) is 0.296. The molecule has 0 fully saturated rings. The Morgan fingerprint density at radius 1 is 1.53 bits per heavy atom. The van der Waals surface area contributed by atoms with Crippen LogP contribution < -0.4 is 0 Å². The first-order valence-corrected chi connectivity index (χ1v) is 7.52. The molecule has 1 amide bonds. The molecule has 0 N–H and O–H groups in total. The van der Waals surface area contributed by atoms with Gasteiger partial charge in [-0.2, -0.15) is 5.26 Å². The summed E-state index contributed by atoms with van der Waals surface area (Å²) in [6.07, 6.45) is 0.344. The molecule has 0 aliphatic rings. The van der Waals surface area contributed by atoms with Crippen LogP contribution in [-0.4, -0.2) is 23.9 Å². The number of rotatable bonds is 5. The van der Waals surface area contributed by atoms with E-state index in [9.17, 15) is 4.79 Å². The van der Waals surface area contributed by atoms with E-state index < -0.39 is 0 Å². The van der Waals surface area contributed by atoms with Gasteiger partial charge < -0.3 is 4.90 Å². The quantitative estimate of drug-likeness (QED) is 0.714. The van der Waals surface area contributed by atoms with Gasteiger partial charge in [-0.05, 0) is 46.7 Å². The van der Waals surface area contributed by atoms with Gasteiger partial charge in [-0.1, -0.05) is 25.4 Å². The lowest BCUT2D eigenvalue weighted by atomic mass is 10.1. The third-order valence-corrected chi connectivity index (χ3v) is 4.11. The van der Waals surface area contributed by atoms with Crippen LogP contribution in [0.1, 0.15) is 30.6 Å². The van der Waals surface area contributed by atoms with Crippen molar-refractivity contribution in [2.24, 2.45) is 5.92 Å². The van der Waals surface area contributed by atoms with Crippen molar-refractivity contribution in [1.82, 2.24) is 4.90 Å². The van der Waals surface area contributed by atoms with Gasteiger partial charge in [0.2, 0.25) is 0 Å². The van der Waals surface area contributed by atoms with Crippen LogP contribution in [0.5, 0.6) is 0 Å². The van der Waals surface area contributed by atoms with Crippen LogP contribution in [-0.2, 0) is 0 Å². The molecule has 102 valence electrons. The van der Waals surface area contributed by atoms with Crippen molar-refractivity contribution in [3.05, 3.63) is 32.4 Å². The highest BCUT2D eigenvalue weighted by Gasteiger charge is 2.17. The molecule has 0 heterocycles.